The van der Waals surface area contributed by atoms with Gasteiger partial charge in [0.15, 0.2) is 5.57 Å². The molecule has 0 saturated heterocycles. The Hall–Kier alpha value is -3.11. The van der Waals surface area contributed by atoms with Gasteiger partial charge in [-0.1, -0.05) is 30.3 Å². The van der Waals surface area contributed by atoms with E-state index in [2.05, 4.69) is 10.1 Å². The van der Waals surface area contributed by atoms with E-state index in [1.807, 2.05) is 43.3 Å². The molecule has 0 saturated carbocycles. The number of hydrogen-bond acceptors (Lipinski definition) is 6. The van der Waals surface area contributed by atoms with E-state index in [-0.39, 0.29) is 17.3 Å². The Morgan fingerprint density at radius 2 is 1.96 bits per heavy atom. The van der Waals surface area contributed by atoms with Crippen LogP contribution in [-0.4, -0.2) is 30.9 Å². The van der Waals surface area contributed by atoms with Crippen LogP contribution < -0.4 is 5.32 Å². The highest BCUT2D eigenvalue weighted by molar-refractivity contribution is 7.17. The van der Waals surface area contributed by atoms with Crippen molar-refractivity contribution in [3.8, 4) is 17.2 Å². The minimum absolute atomic E-state index is 0.132. The van der Waals surface area contributed by atoms with Gasteiger partial charge in [0.05, 0.1) is 12.7 Å². The fraction of sp³-hybridized carbons (Fsp3) is 0.167. The summed E-state index contributed by atoms with van der Waals surface area (Å²) < 4.78 is 4.63. The Morgan fingerprint density at radius 3 is 2.56 bits per heavy atom. The Morgan fingerprint density at radius 1 is 1.28 bits per heavy atom. The summed E-state index contributed by atoms with van der Waals surface area (Å²) in [6.07, 6.45) is 0. The summed E-state index contributed by atoms with van der Waals surface area (Å²) in [7, 11) is 2.72. The number of aryl methyl sites for hydroxylation is 1. The van der Waals surface area contributed by atoms with Crippen LogP contribution in [0.1, 0.15) is 15.2 Å². The van der Waals surface area contributed by atoms with Crippen molar-refractivity contribution in [1.29, 1.82) is 5.26 Å². The number of hydrogen-bond donors (Lipinski definition) is 1. The van der Waals surface area contributed by atoms with Gasteiger partial charge in [0.1, 0.15) is 16.9 Å². The third-order valence-electron chi connectivity index (χ3n) is 3.97. The van der Waals surface area contributed by atoms with Gasteiger partial charge in [-0.15, -0.1) is 11.3 Å². The van der Waals surface area contributed by atoms with Gasteiger partial charge < -0.3 is 10.1 Å². The number of rotatable bonds is 2. The number of benzene rings is 1. The number of nitrogens with one attached hydrogen (secondary N) is 1. The highest BCUT2D eigenvalue weighted by Gasteiger charge is 2.34. The summed E-state index contributed by atoms with van der Waals surface area (Å²) in [6, 6.07) is 11.5. The fourth-order valence-electron chi connectivity index (χ4n) is 2.78. The molecule has 2 heterocycles. The summed E-state index contributed by atoms with van der Waals surface area (Å²) in [4.78, 5) is 27.0. The van der Waals surface area contributed by atoms with Crippen LogP contribution in [0.4, 0.5) is 5.00 Å². The van der Waals surface area contributed by atoms with E-state index in [4.69, 9.17) is 0 Å². The number of fused-ring (bicyclic) bond motifs is 1. The molecule has 7 heteroatoms. The molecule has 126 valence electrons. The molecule has 0 atom stereocenters. The Labute approximate surface area is 148 Å². The first kappa shape index (κ1) is 16.7. The third kappa shape index (κ3) is 2.66. The summed E-state index contributed by atoms with van der Waals surface area (Å²) in [5.41, 5.74) is 2.11. The first-order valence-electron chi connectivity index (χ1n) is 7.46. The molecule has 1 aromatic heterocycles. The monoisotopic (exact) mass is 353 g/mol. The van der Waals surface area contributed by atoms with E-state index in [0.717, 1.165) is 16.0 Å². The SMILES string of the molecule is COC(=O)/C(C#N)=C1/Nc2sc(C)c(-c3ccccc3)c2C(=O)N1C. The fourth-order valence-corrected chi connectivity index (χ4v) is 3.84. The van der Waals surface area contributed by atoms with E-state index in [1.165, 1.54) is 30.4 Å². The van der Waals surface area contributed by atoms with Crippen LogP contribution in [-0.2, 0) is 9.53 Å². The molecule has 2 aromatic rings. The molecule has 0 fully saturated rings. The maximum Gasteiger partial charge on any atom is 0.352 e. The van der Waals surface area contributed by atoms with Crippen LogP contribution in [0.15, 0.2) is 41.7 Å². The molecule has 1 N–H and O–H groups in total. The molecular weight excluding hydrogens is 338 g/mol. The van der Waals surface area contributed by atoms with Crippen LogP contribution in [0, 0.1) is 18.3 Å². The minimum Gasteiger partial charge on any atom is -0.465 e. The predicted molar refractivity (Wildman–Crippen MR) is 94.9 cm³/mol. The lowest BCUT2D eigenvalue weighted by molar-refractivity contribution is -0.135. The van der Waals surface area contributed by atoms with Crippen LogP contribution in [0.5, 0.6) is 0 Å². The number of methoxy groups -OCH3 is 1. The van der Waals surface area contributed by atoms with Gasteiger partial charge >= 0.3 is 5.97 Å². The number of nitrogens with zero attached hydrogens (tertiary/aromatic N) is 2. The lowest BCUT2D eigenvalue weighted by Crippen LogP contribution is -2.36. The minimum atomic E-state index is -0.787. The first-order valence-corrected chi connectivity index (χ1v) is 8.27. The summed E-state index contributed by atoms with van der Waals surface area (Å²) >= 11 is 1.41. The lowest BCUT2D eigenvalue weighted by atomic mass is 9.99. The highest BCUT2D eigenvalue weighted by atomic mass is 32.1. The first-order chi connectivity index (χ1) is 12.0. The van der Waals surface area contributed by atoms with Gasteiger partial charge in [-0.2, -0.15) is 5.26 Å². The number of ether oxygens (including phenoxy) is 1. The Bertz CT molecular complexity index is 938. The second-order valence-electron chi connectivity index (χ2n) is 5.42. The van der Waals surface area contributed by atoms with Crippen molar-refractivity contribution in [1.82, 2.24) is 4.90 Å². The second kappa shape index (κ2) is 6.42. The molecule has 0 aliphatic carbocycles. The maximum atomic E-state index is 13.0. The van der Waals surface area contributed by atoms with Gasteiger partial charge in [0.25, 0.3) is 5.91 Å². The predicted octanol–water partition coefficient (Wildman–Crippen LogP) is 3.13. The molecule has 1 aromatic carbocycles. The van der Waals surface area contributed by atoms with Crippen molar-refractivity contribution < 1.29 is 14.3 Å². The molecule has 1 aliphatic rings. The van der Waals surface area contributed by atoms with E-state index in [9.17, 15) is 14.9 Å². The molecular formula is C18H15N3O3S. The Balaban J connectivity index is 2.19. The van der Waals surface area contributed by atoms with Crippen LogP contribution in [0.25, 0.3) is 11.1 Å². The summed E-state index contributed by atoms with van der Waals surface area (Å²) in [6.45, 7) is 1.94. The lowest BCUT2D eigenvalue weighted by Gasteiger charge is -2.28. The molecule has 6 nitrogen and oxygen atoms in total. The Kier molecular flexibility index (Phi) is 4.30. The second-order valence-corrected chi connectivity index (χ2v) is 6.64. The molecule has 1 aliphatic heterocycles. The average Bonchev–Trinajstić information content (AvgIpc) is 2.96. The van der Waals surface area contributed by atoms with Gasteiger partial charge in [0.2, 0.25) is 0 Å². The number of nitriles is 1. The topological polar surface area (TPSA) is 82.4 Å². The van der Waals surface area contributed by atoms with Crippen LogP contribution >= 0.6 is 11.3 Å². The molecule has 25 heavy (non-hydrogen) atoms. The zero-order chi connectivity index (χ0) is 18.1. The van der Waals surface area contributed by atoms with Crippen molar-refractivity contribution in [2.45, 2.75) is 6.92 Å². The smallest absolute Gasteiger partial charge is 0.352 e. The van der Waals surface area contributed by atoms with Gasteiger partial charge in [-0.25, -0.2) is 4.79 Å². The molecule has 0 unspecified atom stereocenters. The maximum absolute atomic E-state index is 13.0. The summed E-state index contributed by atoms with van der Waals surface area (Å²) in [5, 5.41) is 13.0. The van der Waals surface area contributed by atoms with Crippen molar-refractivity contribution >= 4 is 28.2 Å². The quantitative estimate of drug-likeness (QED) is 0.509. The number of thiophene rings is 1. The number of amides is 1. The number of carbonyl (C=O) groups excluding carboxylic acids is 2. The zero-order valence-electron chi connectivity index (χ0n) is 13.9. The molecule has 1 amide bonds. The largest absolute Gasteiger partial charge is 0.465 e. The van der Waals surface area contributed by atoms with E-state index in [0.29, 0.717) is 10.6 Å². The molecule has 3 rings (SSSR count). The zero-order valence-corrected chi connectivity index (χ0v) is 14.7. The van der Waals surface area contributed by atoms with E-state index < -0.39 is 5.97 Å². The summed E-state index contributed by atoms with van der Waals surface area (Å²) in [5.74, 6) is -0.930. The van der Waals surface area contributed by atoms with E-state index >= 15 is 0 Å². The third-order valence-corrected chi connectivity index (χ3v) is 4.99. The molecule has 0 spiro atoms. The average molecular weight is 353 g/mol. The van der Waals surface area contributed by atoms with Crippen molar-refractivity contribution in [2.75, 3.05) is 19.5 Å². The van der Waals surface area contributed by atoms with Crippen LogP contribution in [0.3, 0.4) is 0 Å². The molecule has 0 radical (unpaired) electrons. The number of esters is 1. The van der Waals surface area contributed by atoms with Gasteiger partial charge in [-0.05, 0) is 12.5 Å². The van der Waals surface area contributed by atoms with Gasteiger partial charge in [0, 0.05) is 17.5 Å². The van der Waals surface area contributed by atoms with E-state index in [1.54, 1.807) is 0 Å². The number of anilines is 1. The molecule has 0 bridgehead atoms. The van der Waals surface area contributed by atoms with Crippen molar-refractivity contribution in [3.05, 3.63) is 52.2 Å². The van der Waals surface area contributed by atoms with Gasteiger partial charge in [-0.3, -0.25) is 9.69 Å². The van der Waals surface area contributed by atoms with Crippen LogP contribution in [0.2, 0.25) is 0 Å². The normalized spacial score (nSPS) is 15.1. The van der Waals surface area contributed by atoms with Crippen molar-refractivity contribution in [2.24, 2.45) is 0 Å². The standard InChI is InChI=1S/C18H15N3O3S/c1-10-13(11-7-5-4-6-8-11)14-16(25-10)20-15(21(2)17(14)22)12(9-19)18(23)24-3/h4-8,20H,1-3H3/b15-12-. The highest BCUT2D eigenvalue weighted by Crippen LogP contribution is 2.43. The van der Waals surface area contributed by atoms with Crippen molar-refractivity contribution in [3.63, 3.8) is 0 Å². The number of carbonyl (C=O) groups is 2.